The third-order valence-corrected chi connectivity index (χ3v) is 4.68. The van der Waals surface area contributed by atoms with Gasteiger partial charge in [-0.2, -0.15) is 0 Å². The second-order valence-electron chi connectivity index (χ2n) is 4.17. The highest BCUT2D eigenvalue weighted by molar-refractivity contribution is 7.16. The number of anilines is 2. The lowest BCUT2D eigenvalue weighted by atomic mass is 10.3. The fourth-order valence-electron chi connectivity index (χ4n) is 1.76. The highest BCUT2D eigenvalue weighted by Crippen LogP contribution is 2.32. The minimum absolute atomic E-state index is 0.617. The van der Waals surface area contributed by atoms with Crippen LogP contribution in [0.15, 0.2) is 23.7 Å². The number of rotatable bonds is 3. The van der Waals surface area contributed by atoms with Crippen molar-refractivity contribution >= 4 is 45.2 Å². The molecule has 0 saturated heterocycles. The lowest BCUT2D eigenvalue weighted by Gasteiger charge is -2.00. The Hall–Kier alpha value is -1.50. The van der Waals surface area contributed by atoms with Crippen LogP contribution in [0.1, 0.15) is 10.7 Å². The minimum Gasteiger partial charge on any atom is -0.316 e. The maximum absolute atomic E-state index is 5.81. The Morgan fingerprint density at radius 2 is 2.05 bits per heavy atom. The summed E-state index contributed by atoms with van der Waals surface area (Å²) in [4.78, 5) is 14.3. The first-order valence-corrected chi connectivity index (χ1v) is 7.98. The molecule has 0 unspecified atom stereocenters. The van der Waals surface area contributed by atoms with Crippen molar-refractivity contribution in [2.75, 3.05) is 5.32 Å². The average molecular weight is 323 g/mol. The third kappa shape index (κ3) is 2.82. The van der Waals surface area contributed by atoms with E-state index in [1.54, 1.807) is 34.9 Å². The van der Waals surface area contributed by atoms with Crippen molar-refractivity contribution in [3.63, 3.8) is 0 Å². The van der Waals surface area contributed by atoms with Crippen LogP contribution < -0.4 is 5.32 Å². The molecule has 3 aromatic rings. The normalized spacial score (nSPS) is 10.8. The van der Waals surface area contributed by atoms with E-state index >= 15 is 0 Å². The molecule has 0 bridgehead atoms. The fraction of sp³-hybridized carbons (Fsp3) is 0.154. The molecular weight excluding hydrogens is 312 g/mol. The summed E-state index contributed by atoms with van der Waals surface area (Å²) < 4.78 is 0. The molecule has 3 heterocycles. The molecule has 0 aliphatic heterocycles. The molecule has 0 atom stereocenters. The maximum atomic E-state index is 5.81. The van der Waals surface area contributed by atoms with Crippen molar-refractivity contribution in [2.24, 2.45) is 0 Å². The number of thiazole rings is 2. The average Bonchev–Trinajstić information content (AvgIpc) is 2.99. The van der Waals surface area contributed by atoms with Crippen LogP contribution in [0.2, 0.25) is 5.02 Å². The molecule has 0 aliphatic rings. The summed E-state index contributed by atoms with van der Waals surface area (Å²) in [6.45, 7) is 4.01. The molecular formula is C13H11ClN4S2. The van der Waals surface area contributed by atoms with Crippen molar-refractivity contribution in [1.82, 2.24) is 15.0 Å². The van der Waals surface area contributed by atoms with E-state index < -0.39 is 0 Å². The Balaban J connectivity index is 1.83. The number of aryl methyl sites for hydroxylation is 2. The molecule has 0 fully saturated rings. The molecule has 1 N–H and O–H groups in total. The van der Waals surface area contributed by atoms with Gasteiger partial charge in [-0.3, -0.25) is 0 Å². The van der Waals surface area contributed by atoms with Gasteiger partial charge in [0.05, 0.1) is 26.3 Å². The van der Waals surface area contributed by atoms with Crippen LogP contribution in [-0.2, 0) is 0 Å². The molecule has 0 spiro atoms. The van der Waals surface area contributed by atoms with Crippen LogP contribution in [0, 0.1) is 13.8 Å². The zero-order valence-electron chi connectivity index (χ0n) is 10.8. The first-order valence-electron chi connectivity index (χ1n) is 5.90. The van der Waals surface area contributed by atoms with Gasteiger partial charge in [-0.05, 0) is 26.0 Å². The molecule has 3 rings (SSSR count). The van der Waals surface area contributed by atoms with Crippen molar-refractivity contribution in [2.45, 2.75) is 13.8 Å². The van der Waals surface area contributed by atoms with E-state index in [2.05, 4.69) is 20.3 Å². The van der Waals surface area contributed by atoms with Crippen molar-refractivity contribution in [3.8, 4) is 10.6 Å². The van der Waals surface area contributed by atoms with E-state index in [0.717, 1.165) is 32.2 Å². The first-order chi connectivity index (χ1) is 9.61. The van der Waals surface area contributed by atoms with Gasteiger partial charge in [-0.25, -0.2) is 15.0 Å². The van der Waals surface area contributed by atoms with Gasteiger partial charge in [-0.1, -0.05) is 11.6 Å². The number of nitrogens with one attached hydrogen (secondary N) is 1. The number of nitrogens with zero attached hydrogens (tertiary/aromatic N) is 3. The highest BCUT2D eigenvalue weighted by Gasteiger charge is 2.11. The van der Waals surface area contributed by atoms with E-state index in [0.29, 0.717) is 5.02 Å². The zero-order valence-corrected chi connectivity index (χ0v) is 13.2. The van der Waals surface area contributed by atoms with Gasteiger partial charge < -0.3 is 5.32 Å². The van der Waals surface area contributed by atoms with E-state index in [1.807, 2.05) is 25.3 Å². The molecule has 0 aromatic carbocycles. The molecule has 20 heavy (non-hydrogen) atoms. The molecule has 3 aromatic heterocycles. The summed E-state index contributed by atoms with van der Waals surface area (Å²) in [5.41, 5.74) is 1.98. The number of hydrogen-bond acceptors (Lipinski definition) is 6. The fourth-order valence-corrected chi connectivity index (χ4v) is 3.54. The van der Waals surface area contributed by atoms with Gasteiger partial charge in [0.1, 0.15) is 5.82 Å². The Kier molecular flexibility index (Phi) is 3.69. The summed E-state index contributed by atoms with van der Waals surface area (Å²) in [7, 11) is 0. The summed E-state index contributed by atoms with van der Waals surface area (Å²) in [5.74, 6) is 0.729. The molecule has 0 aliphatic carbocycles. The van der Waals surface area contributed by atoms with E-state index in [4.69, 9.17) is 11.6 Å². The van der Waals surface area contributed by atoms with Gasteiger partial charge in [0.25, 0.3) is 0 Å². The van der Waals surface area contributed by atoms with Gasteiger partial charge in [0.15, 0.2) is 5.13 Å². The first kappa shape index (κ1) is 13.5. The SMILES string of the molecule is Cc1nc(C)c(-c2csc(Nc3ccc(Cl)cn3)n2)s1. The predicted octanol–water partition coefficient (Wildman–Crippen LogP) is 4.68. The molecule has 0 radical (unpaired) electrons. The molecule has 7 heteroatoms. The Morgan fingerprint density at radius 3 is 2.70 bits per heavy atom. The van der Waals surface area contributed by atoms with Gasteiger partial charge in [0.2, 0.25) is 0 Å². The van der Waals surface area contributed by atoms with Crippen molar-refractivity contribution < 1.29 is 0 Å². The number of aromatic nitrogens is 3. The third-order valence-electron chi connectivity index (χ3n) is 2.60. The number of halogens is 1. The molecule has 4 nitrogen and oxygen atoms in total. The predicted molar refractivity (Wildman–Crippen MR) is 85.2 cm³/mol. The number of pyridine rings is 1. The van der Waals surface area contributed by atoms with Gasteiger partial charge in [0, 0.05) is 11.6 Å². The highest BCUT2D eigenvalue weighted by atomic mass is 35.5. The van der Waals surface area contributed by atoms with E-state index in [-0.39, 0.29) is 0 Å². The monoisotopic (exact) mass is 322 g/mol. The maximum Gasteiger partial charge on any atom is 0.188 e. The second kappa shape index (κ2) is 5.47. The van der Waals surface area contributed by atoms with Crippen molar-refractivity contribution in [3.05, 3.63) is 39.4 Å². The minimum atomic E-state index is 0.617. The van der Waals surface area contributed by atoms with Gasteiger partial charge in [-0.15, -0.1) is 22.7 Å². The standard InChI is InChI=1S/C13H11ClN4S2/c1-7-12(20-8(2)16-7)10-6-19-13(17-10)18-11-4-3-9(14)5-15-11/h3-6H,1-2H3,(H,15,17,18). The molecule has 0 amide bonds. The summed E-state index contributed by atoms with van der Waals surface area (Å²) >= 11 is 9.02. The van der Waals surface area contributed by atoms with E-state index in [9.17, 15) is 0 Å². The van der Waals surface area contributed by atoms with Crippen LogP contribution in [0.5, 0.6) is 0 Å². The van der Waals surface area contributed by atoms with Crippen LogP contribution in [0.4, 0.5) is 10.9 Å². The Labute approximate surface area is 129 Å². The largest absolute Gasteiger partial charge is 0.316 e. The van der Waals surface area contributed by atoms with Crippen LogP contribution in [0.3, 0.4) is 0 Å². The Morgan fingerprint density at radius 1 is 1.20 bits per heavy atom. The second-order valence-corrected chi connectivity index (χ2v) is 6.67. The molecule has 0 saturated carbocycles. The summed E-state index contributed by atoms with van der Waals surface area (Å²) in [6, 6.07) is 3.62. The van der Waals surface area contributed by atoms with Gasteiger partial charge >= 0.3 is 0 Å². The van der Waals surface area contributed by atoms with Crippen LogP contribution >= 0.6 is 34.3 Å². The quantitative estimate of drug-likeness (QED) is 0.761. The summed E-state index contributed by atoms with van der Waals surface area (Å²) in [5, 5.41) is 7.67. The topological polar surface area (TPSA) is 50.7 Å². The summed E-state index contributed by atoms with van der Waals surface area (Å²) in [6.07, 6.45) is 1.61. The lowest BCUT2D eigenvalue weighted by Crippen LogP contribution is -1.92. The molecule has 102 valence electrons. The van der Waals surface area contributed by atoms with E-state index in [1.165, 1.54) is 0 Å². The number of hydrogen-bond donors (Lipinski definition) is 1. The Bertz CT molecular complexity index is 733. The zero-order chi connectivity index (χ0) is 14.1. The van der Waals surface area contributed by atoms with Crippen molar-refractivity contribution in [1.29, 1.82) is 0 Å². The smallest absolute Gasteiger partial charge is 0.188 e. The van der Waals surface area contributed by atoms with Crippen LogP contribution in [0.25, 0.3) is 10.6 Å². The lowest BCUT2D eigenvalue weighted by molar-refractivity contribution is 1.20. The van der Waals surface area contributed by atoms with Crippen LogP contribution in [-0.4, -0.2) is 15.0 Å².